The van der Waals surface area contributed by atoms with E-state index < -0.39 is 5.41 Å². The Morgan fingerprint density at radius 1 is 0.930 bits per heavy atom. The maximum atomic E-state index is 12.3. The maximum Gasteiger partial charge on any atom is 0.276 e. The summed E-state index contributed by atoms with van der Waals surface area (Å²) in [6.07, 6.45) is 4.72. The average molecular weight is 622 g/mol. The highest BCUT2D eigenvalue weighted by molar-refractivity contribution is 7.23. The monoisotopic (exact) mass is 621 g/mol. The lowest BCUT2D eigenvalue weighted by atomic mass is 9.84. The van der Waals surface area contributed by atoms with Gasteiger partial charge in [0, 0.05) is 31.5 Å². The normalized spacial score (nSPS) is 13.5. The third-order valence-electron chi connectivity index (χ3n) is 8.06. The zero-order valence-electron chi connectivity index (χ0n) is 26.8. The van der Waals surface area contributed by atoms with E-state index in [2.05, 4.69) is 70.1 Å². The lowest BCUT2D eigenvalue weighted by Gasteiger charge is -2.19. The molecule has 1 atom stereocenters. The summed E-state index contributed by atoms with van der Waals surface area (Å²) in [7, 11) is 0. The van der Waals surface area contributed by atoms with Crippen LogP contribution < -0.4 is 4.74 Å². The first-order valence-electron chi connectivity index (χ1n) is 15.2. The minimum atomic E-state index is -0.514. The van der Waals surface area contributed by atoms with Crippen molar-refractivity contribution in [2.75, 3.05) is 6.61 Å². The predicted molar refractivity (Wildman–Crippen MR) is 180 cm³/mol. The fourth-order valence-electron chi connectivity index (χ4n) is 5.67. The summed E-state index contributed by atoms with van der Waals surface area (Å²) in [5.74, 6) is 2.23. The van der Waals surface area contributed by atoms with Crippen LogP contribution >= 0.6 is 22.7 Å². The third-order valence-corrected chi connectivity index (χ3v) is 10.8. The Hall–Kier alpha value is -3.04. The second-order valence-electron chi connectivity index (χ2n) is 14.4. The number of fused-ring (bicyclic) bond motifs is 3. The summed E-state index contributed by atoms with van der Waals surface area (Å²) in [4.78, 5) is 14.1. The fraction of sp³-hybridized carbons (Fsp3) is 0.529. The molecule has 0 aliphatic carbocycles. The van der Waals surface area contributed by atoms with E-state index in [0.29, 0.717) is 34.7 Å². The number of ether oxygens (including phenoxy) is 1. The number of benzene rings is 2. The summed E-state index contributed by atoms with van der Waals surface area (Å²) in [5, 5.41) is 22.8. The zero-order valence-corrected chi connectivity index (χ0v) is 28.4. The van der Waals surface area contributed by atoms with Crippen LogP contribution in [0.1, 0.15) is 98.4 Å². The number of nitro benzene ring substituents is 1. The van der Waals surface area contributed by atoms with Crippen LogP contribution in [-0.2, 0) is 10.8 Å². The zero-order chi connectivity index (χ0) is 31.3. The van der Waals surface area contributed by atoms with Gasteiger partial charge in [-0.25, -0.2) is 4.63 Å². The Morgan fingerprint density at radius 3 is 2.30 bits per heavy atom. The van der Waals surface area contributed by atoms with Crippen molar-refractivity contribution in [1.29, 1.82) is 0 Å². The van der Waals surface area contributed by atoms with E-state index in [0.717, 1.165) is 43.1 Å². The van der Waals surface area contributed by atoms with Gasteiger partial charge in [0.25, 0.3) is 5.69 Å². The Labute approximate surface area is 261 Å². The van der Waals surface area contributed by atoms with Gasteiger partial charge in [-0.3, -0.25) is 10.1 Å². The molecule has 0 saturated carbocycles. The highest BCUT2D eigenvalue weighted by Gasteiger charge is 2.33. The molecular weight excluding hydrogens is 579 g/mol. The molecule has 0 bridgehead atoms. The standard InChI is InChI=1S/C34H43N3O4S2/c1-19(2)11-10-12-20(3)13-14-40-31-23-18-26(42-25(23)15-21-16-27(33(4,5)6)43-32(21)31)22-17-24(37(38)39)28(34(7,8)9)30-29(22)35-41-36-30/h15-20H,10-14H2,1-9H3. The second-order valence-corrected chi connectivity index (χ2v) is 16.5. The number of aromatic nitrogens is 2. The molecule has 0 aliphatic heterocycles. The van der Waals surface area contributed by atoms with Crippen molar-refractivity contribution in [3.05, 3.63) is 44.8 Å². The molecule has 5 aromatic rings. The second kappa shape index (κ2) is 11.8. The molecule has 3 aromatic heterocycles. The van der Waals surface area contributed by atoms with Gasteiger partial charge in [0.05, 0.1) is 21.8 Å². The quantitative estimate of drug-likeness (QED) is 0.114. The molecule has 1 unspecified atom stereocenters. The van der Waals surface area contributed by atoms with Gasteiger partial charge < -0.3 is 4.74 Å². The summed E-state index contributed by atoms with van der Waals surface area (Å²) >= 11 is 3.39. The predicted octanol–water partition coefficient (Wildman–Crippen LogP) is 11.1. The number of thiophene rings is 2. The van der Waals surface area contributed by atoms with E-state index in [1.54, 1.807) is 28.7 Å². The van der Waals surface area contributed by atoms with Crippen LogP contribution in [-0.4, -0.2) is 21.8 Å². The van der Waals surface area contributed by atoms with Crippen LogP contribution in [0.2, 0.25) is 0 Å². The minimum Gasteiger partial charge on any atom is -0.491 e. The van der Waals surface area contributed by atoms with Gasteiger partial charge in [0.2, 0.25) is 0 Å². The Morgan fingerprint density at radius 2 is 1.65 bits per heavy atom. The van der Waals surface area contributed by atoms with Crippen molar-refractivity contribution in [3.8, 4) is 16.2 Å². The fourth-order valence-corrected chi connectivity index (χ4v) is 8.00. The van der Waals surface area contributed by atoms with E-state index in [-0.39, 0.29) is 16.0 Å². The minimum absolute atomic E-state index is 0.0295. The molecule has 0 fully saturated rings. The molecule has 0 aliphatic rings. The first kappa shape index (κ1) is 31.4. The van der Waals surface area contributed by atoms with Gasteiger partial charge >= 0.3 is 0 Å². The molecule has 9 heteroatoms. The van der Waals surface area contributed by atoms with E-state index in [1.165, 1.54) is 24.1 Å². The van der Waals surface area contributed by atoms with Gasteiger partial charge in [-0.2, -0.15) is 0 Å². The number of hydrogen-bond acceptors (Lipinski definition) is 8. The summed E-state index contributed by atoms with van der Waals surface area (Å²) in [6, 6.07) is 8.24. The van der Waals surface area contributed by atoms with Crippen molar-refractivity contribution >= 4 is 59.6 Å². The molecule has 0 saturated heterocycles. The number of nitrogens with zero attached hydrogens (tertiary/aromatic N) is 3. The Kier molecular flexibility index (Phi) is 8.62. The summed E-state index contributed by atoms with van der Waals surface area (Å²) in [5.41, 5.74) is 1.70. The number of rotatable bonds is 10. The van der Waals surface area contributed by atoms with Gasteiger partial charge in [-0.1, -0.05) is 81.6 Å². The molecule has 230 valence electrons. The van der Waals surface area contributed by atoms with Crippen molar-refractivity contribution in [2.24, 2.45) is 11.8 Å². The first-order valence-corrected chi connectivity index (χ1v) is 16.9. The first-order chi connectivity index (χ1) is 20.1. The van der Waals surface area contributed by atoms with Crippen molar-refractivity contribution in [3.63, 3.8) is 0 Å². The molecule has 0 N–H and O–H groups in total. The van der Waals surface area contributed by atoms with Crippen LogP contribution in [0.4, 0.5) is 5.69 Å². The smallest absolute Gasteiger partial charge is 0.276 e. The molecule has 3 heterocycles. The molecule has 43 heavy (non-hydrogen) atoms. The van der Waals surface area contributed by atoms with Crippen molar-refractivity contribution in [1.82, 2.24) is 10.3 Å². The van der Waals surface area contributed by atoms with Crippen LogP contribution in [0.15, 0.2) is 28.9 Å². The highest BCUT2D eigenvalue weighted by Crippen LogP contribution is 2.49. The van der Waals surface area contributed by atoms with E-state index in [4.69, 9.17) is 9.37 Å². The van der Waals surface area contributed by atoms with Crippen LogP contribution in [0.5, 0.6) is 5.75 Å². The molecule has 0 amide bonds. The number of hydrogen-bond donors (Lipinski definition) is 0. The highest BCUT2D eigenvalue weighted by atomic mass is 32.1. The van der Waals surface area contributed by atoms with Crippen LogP contribution in [0.25, 0.3) is 41.6 Å². The summed E-state index contributed by atoms with van der Waals surface area (Å²) in [6.45, 7) is 20.1. The van der Waals surface area contributed by atoms with Gasteiger partial charge in [-0.15, -0.1) is 22.7 Å². The van der Waals surface area contributed by atoms with Gasteiger partial charge in [0.1, 0.15) is 16.8 Å². The van der Waals surface area contributed by atoms with Gasteiger partial charge in [0.15, 0.2) is 0 Å². The number of nitro groups is 1. The van der Waals surface area contributed by atoms with Crippen molar-refractivity contribution in [2.45, 2.75) is 98.8 Å². The lowest BCUT2D eigenvalue weighted by molar-refractivity contribution is -0.385. The van der Waals surface area contributed by atoms with Crippen LogP contribution in [0, 0.1) is 22.0 Å². The molecule has 7 nitrogen and oxygen atoms in total. The lowest BCUT2D eigenvalue weighted by Crippen LogP contribution is -2.15. The van der Waals surface area contributed by atoms with Crippen LogP contribution in [0.3, 0.4) is 0 Å². The van der Waals surface area contributed by atoms with E-state index in [1.807, 2.05) is 20.8 Å². The van der Waals surface area contributed by atoms with E-state index in [9.17, 15) is 10.1 Å². The van der Waals surface area contributed by atoms with E-state index >= 15 is 0 Å². The third kappa shape index (κ3) is 6.43. The largest absolute Gasteiger partial charge is 0.491 e. The molecular formula is C34H43N3O4S2. The van der Waals surface area contributed by atoms with Crippen molar-refractivity contribution < 1.29 is 14.3 Å². The molecule has 5 rings (SSSR count). The SMILES string of the molecule is CC(C)CCCC(C)CCOc1c2cc(-c3cc([N+](=O)[O-])c(C(C)(C)C)c4nonc34)sc2cc2cc(C(C)(C)C)sc12. The summed E-state index contributed by atoms with van der Waals surface area (Å²) < 4.78 is 14.1. The molecule has 0 spiro atoms. The molecule has 0 radical (unpaired) electrons. The molecule has 2 aromatic carbocycles. The Bertz CT molecular complexity index is 1780. The topological polar surface area (TPSA) is 91.3 Å². The maximum absolute atomic E-state index is 12.3. The average Bonchev–Trinajstić information content (AvgIpc) is 3.64. The van der Waals surface area contributed by atoms with Gasteiger partial charge in [-0.05, 0) is 63.0 Å². The Balaban J connectivity index is 1.60.